The Balaban J connectivity index is 0.000000511. The van der Waals surface area contributed by atoms with E-state index in [4.69, 9.17) is 4.74 Å². The maximum Gasteiger partial charge on any atom is 0.410 e. The molecule has 3 heteroatoms. The van der Waals surface area contributed by atoms with Crippen LogP contribution >= 0.6 is 0 Å². The maximum atomic E-state index is 11.6. The van der Waals surface area contributed by atoms with E-state index in [1.165, 1.54) is 25.7 Å². The summed E-state index contributed by atoms with van der Waals surface area (Å²) >= 11 is 0. The van der Waals surface area contributed by atoms with Gasteiger partial charge in [-0.3, -0.25) is 0 Å². The molecule has 1 rings (SSSR count). The predicted molar refractivity (Wildman–Crippen MR) is 86.0 cm³/mol. The summed E-state index contributed by atoms with van der Waals surface area (Å²) in [5.74, 6) is 0.744. The minimum Gasteiger partial charge on any atom is -0.444 e. The lowest BCUT2D eigenvalue weighted by molar-refractivity contribution is 0.0190. The smallest absolute Gasteiger partial charge is 0.410 e. The molecule has 0 atom stereocenters. The van der Waals surface area contributed by atoms with Crippen LogP contribution in [0.5, 0.6) is 0 Å². The molecule has 0 spiro atoms. The molecular weight excluding hydrogens is 250 g/mol. The van der Waals surface area contributed by atoms with Gasteiger partial charge in [-0.15, -0.1) is 0 Å². The largest absolute Gasteiger partial charge is 0.444 e. The van der Waals surface area contributed by atoms with E-state index in [2.05, 4.69) is 20.8 Å². The van der Waals surface area contributed by atoms with E-state index in [9.17, 15) is 4.79 Å². The number of carbonyl (C=O) groups excluding carboxylic acids is 1. The molecule has 0 aromatic rings. The molecule has 120 valence electrons. The van der Waals surface area contributed by atoms with Gasteiger partial charge in [0, 0.05) is 13.1 Å². The third-order valence-corrected chi connectivity index (χ3v) is 3.39. The van der Waals surface area contributed by atoms with Crippen molar-refractivity contribution in [3.05, 3.63) is 0 Å². The number of amides is 1. The Bertz CT molecular complexity index is 246. The van der Waals surface area contributed by atoms with Gasteiger partial charge in [-0.1, -0.05) is 46.5 Å². The second-order valence-corrected chi connectivity index (χ2v) is 6.86. The second kappa shape index (κ2) is 10.1. The van der Waals surface area contributed by atoms with Gasteiger partial charge in [0.15, 0.2) is 0 Å². The lowest BCUT2D eigenvalue weighted by Crippen LogP contribution is -2.41. The molecule has 3 nitrogen and oxygen atoms in total. The van der Waals surface area contributed by atoms with E-state index in [1.54, 1.807) is 0 Å². The van der Waals surface area contributed by atoms with Gasteiger partial charge < -0.3 is 9.64 Å². The summed E-state index contributed by atoms with van der Waals surface area (Å²) in [5.41, 5.74) is -0.375. The van der Waals surface area contributed by atoms with Gasteiger partial charge in [-0.2, -0.15) is 0 Å². The van der Waals surface area contributed by atoms with E-state index < -0.39 is 0 Å². The molecule has 0 saturated carbocycles. The predicted octanol–water partition coefficient (Wildman–Crippen LogP) is 5.24. The van der Waals surface area contributed by atoms with E-state index in [1.807, 2.05) is 25.7 Å². The molecule has 20 heavy (non-hydrogen) atoms. The van der Waals surface area contributed by atoms with Crippen molar-refractivity contribution in [2.75, 3.05) is 13.1 Å². The molecule has 0 N–H and O–H groups in total. The number of likely N-dealkylation sites (tertiary alicyclic amines) is 1. The lowest BCUT2D eigenvalue weighted by Gasteiger charge is -2.32. The number of unbranched alkanes of at least 4 members (excludes halogenated alkanes) is 3. The van der Waals surface area contributed by atoms with Crippen LogP contribution in [0.2, 0.25) is 0 Å². The van der Waals surface area contributed by atoms with Gasteiger partial charge in [0.1, 0.15) is 5.60 Å². The first kappa shape index (κ1) is 19.3. The molecule has 0 unspecified atom stereocenters. The Labute approximate surface area is 126 Å². The van der Waals surface area contributed by atoms with Gasteiger partial charge in [0.05, 0.1) is 0 Å². The van der Waals surface area contributed by atoms with Crippen LogP contribution in [-0.4, -0.2) is 29.7 Å². The molecule has 0 bridgehead atoms. The average molecular weight is 285 g/mol. The first-order valence-electron chi connectivity index (χ1n) is 8.28. The van der Waals surface area contributed by atoms with Crippen molar-refractivity contribution in [2.45, 2.75) is 85.7 Å². The number of rotatable bonds is 3. The zero-order valence-corrected chi connectivity index (χ0v) is 14.5. The van der Waals surface area contributed by atoms with Crippen LogP contribution in [-0.2, 0) is 4.74 Å². The Hall–Kier alpha value is -0.730. The molecular formula is C17H35NO2. The van der Waals surface area contributed by atoms with Crippen LogP contribution in [0.3, 0.4) is 0 Å². The van der Waals surface area contributed by atoms with Crippen molar-refractivity contribution in [3.63, 3.8) is 0 Å². The zero-order valence-electron chi connectivity index (χ0n) is 14.5. The summed E-state index contributed by atoms with van der Waals surface area (Å²) in [6.45, 7) is 14.1. The van der Waals surface area contributed by atoms with Crippen molar-refractivity contribution in [2.24, 2.45) is 5.92 Å². The van der Waals surface area contributed by atoms with Crippen LogP contribution in [0.1, 0.15) is 80.1 Å². The maximum absolute atomic E-state index is 11.6. The van der Waals surface area contributed by atoms with Gasteiger partial charge in [0.25, 0.3) is 0 Å². The van der Waals surface area contributed by atoms with Gasteiger partial charge in [-0.05, 0) is 39.5 Å². The fourth-order valence-corrected chi connectivity index (χ4v) is 2.02. The van der Waals surface area contributed by atoms with Crippen LogP contribution in [0.25, 0.3) is 0 Å². The first-order valence-corrected chi connectivity index (χ1v) is 8.28. The Morgan fingerprint density at radius 2 is 1.55 bits per heavy atom. The first-order chi connectivity index (χ1) is 9.30. The lowest BCUT2D eigenvalue weighted by atomic mass is 10.00. The minimum atomic E-state index is -0.375. The molecule has 1 saturated heterocycles. The van der Waals surface area contributed by atoms with E-state index in [0.717, 1.165) is 31.8 Å². The fourth-order valence-electron chi connectivity index (χ4n) is 2.02. The summed E-state index contributed by atoms with van der Waals surface area (Å²) < 4.78 is 5.30. The Morgan fingerprint density at radius 3 is 1.90 bits per heavy atom. The minimum absolute atomic E-state index is 0.163. The number of hydrogen-bond donors (Lipinski definition) is 0. The summed E-state index contributed by atoms with van der Waals surface area (Å²) in [7, 11) is 0. The summed E-state index contributed by atoms with van der Waals surface area (Å²) in [4.78, 5) is 13.4. The average Bonchev–Trinajstić information content (AvgIpc) is 2.36. The van der Waals surface area contributed by atoms with E-state index >= 15 is 0 Å². The van der Waals surface area contributed by atoms with Crippen molar-refractivity contribution >= 4 is 6.09 Å². The normalized spacial score (nSPS) is 16.4. The number of piperidine rings is 1. The van der Waals surface area contributed by atoms with Crippen molar-refractivity contribution in [1.82, 2.24) is 4.90 Å². The highest BCUT2D eigenvalue weighted by molar-refractivity contribution is 5.68. The van der Waals surface area contributed by atoms with E-state index in [0.29, 0.717) is 0 Å². The number of hydrogen-bond acceptors (Lipinski definition) is 2. The summed E-state index contributed by atoms with van der Waals surface area (Å²) in [6.07, 6.45) is 7.57. The van der Waals surface area contributed by atoms with Crippen molar-refractivity contribution < 1.29 is 9.53 Å². The highest BCUT2D eigenvalue weighted by Gasteiger charge is 2.24. The van der Waals surface area contributed by atoms with Crippen LogP contribution in [0, 0.1) is 5.92 Å². The molecule has 0 aromatic carbocycles. The SMILES string of the molecule is CC1CCN(C(=O)OC(C)(C)C)CC1.CCCCCC. The molecule has 1 fully saturated rings. The van der Waals surface area contributed by atoms with Gasteiger partial charge >= 0.3 is 6.09 Å². The molecule has 1 amide bonds. The van der Waals surface area contributed by atoms with Gasteiger partial charge in [0.2, 0.25) is 0 Å². The molecule has 1 heterocycles. The highest BCUT2D eigenvalue weighted by Crippen LogP contribution is 2.18. The van der Waals surface area contributed by atoms with Crippen LogP contribution in [0.4, 0.5) is 4.79 Å². The number of ether oxygens (including phenoxy) is 1. The fraction of sp³-hybridized carbons (Fsp3) is 0.941. The Kier molecular flexibility index (Phi) is 9.70. The van der Waals surface area contributed by atoms with Crippen LogP contribution in [0.15, 0.2) is 0 Å². The molecule has 1 aliphatic rings. The molecule has 0 aliphatic carbocycles. The van der Waals surface area contributed by atoms with Gasteiger partial charge in [-0.25, -0.2) is 4.79 Å². The zero-order chi connectivity index (χ0) is 15.6. The Morgan fingerprint density at radius 1 is 1.10 bits per heavy atom. The molecule has 0 aromatic heterocycles. The molecule has 1 aliphatic heterocycles. The quantitative estimate of drug-likeness (QED) is 0.664. The topological polar surface area (TPSA) is 29.5 Å². The third-order valence-electron chi connectivity index (χ3n) is 3.39. The third kappa shape index (κ3) is 10.1. The summed E-state index contributed by atoms with van der Waals surface area (Å²) in [6, 6.07) is 0. The van der Waals surface area contributed by atoms with Crippen LogP contribution < -0.4 is 0 Å². The standard InChI is InChI=1S/C11H21NO2.C6H14/c1-9-5-7-12(8-6-9)10(13)14-11(2,3)4;1-3-5-6-4-2/h9H,5-8H2,1-4H3;3-6H2,1-2H3. The summed E-state index contributed by atoms with van der Waals surface area (Å²) in [5, 5.41) is 0. The van der Waals surface area contributed by atoms with E-state index in [-0.39, 0.29) is 11.7 Å². The molecule has 0 radical (unpaired) electrons. The second-order valence-electron chi connectivity index (χ2n) is 6.86. The van der Waals surface area contributed by atoms with Crippen molar-refractivity contribution in [1.29, 1.82) is 0 Å². The monoisotopic (exact) mass is 285 g/mol. The number of nitrogens with zero attached hydrogens (tertiary/aromatic N) is 1. The number of carbonyl (C=O) groups is 1. The van der Waals surface area contributed by atoms with Crippen molar-refractivity contribution in [3.8, 4) is 0 Å². The highest BCUT2D eigenvalue weighted by atomic mass is 16.6.